The van der Waals surface area contributed by atoms with Crippen LogP contribution in [0.5, 0.6) is 0 Å². The number of aromatic amines is 1. The molecule has 0 saturated heterocycles. The van der Waals surface area contributed by atoms with Crippen LogP contribution in [0.1, 0.15) is 12.6 Å². The topological polar surface area (TPSA) is 54.5 Å². The lowest BCUT2D eigenvalue weighted by Gasteiger charge is -2.07. The van der Waals surface area contributed by atoms with Crippen molar-refractivity contribution >= 4 is 21.8 Å². The van der Waals surface area contributed by atoms with Crippen molar-refractivity contribution in [1.82, 2.24) is 20.2 Å². The van der Waals surface area contributed by atoms with E-state index in [4.69, 9.17) is 4.98 Å². The van der Waals surface area contributed by atoms with Crippen LogP contribution >= 0.6 is 0 Å². The molecule has 4 nitrogen and oxygen atoms in total. The van der Waals surface area contributed by atoms with Gasteiger partial charge in [-0.3, -0.25) is 10.1 Å². The van der Waals surface area contributed by atoms with Gasteiger partial charge in [0.05, 0.1) is 11.4 Å². The molecular formula is C17H14N4. The summed E-state index contributed by atoms with van der Waals surface area (Å²) in [7, 11) is 0. The third-order valence-corrected chi connectivity index (χ3v) is 3.76. The van der Waals surface area contributed by atoms with E-state index in [1.54, 1.807) is 6.20 Å². The molecule has 1 N–H and O–H groups in total. The van der Waals surface area contributed by atoms with E-state index >= 15 is 0 Å². The van der Waals surface area contributed by atoms with E-state index in [0.717, 1.165) is 45.2 Å². The van der Waals surface area contributed by atoms with E-state index in [1.165, 1.54) is 0 Å². The fraction of sp³-hybridized carbons (Fsp3) is 0.118. The molecule has 21 heavy (non-hydrogen) atoms. The van der Waals surface area contributed by atoms with Gasteiger partial charge in [0.15, 0.2) is 0 Å². The molecule has 3 heterocycles. The number of nitrogens with zero attached hydrogens (tertiary/aromatic N) is 3. The van der Waals surface area contributed by atoms with Gasteiger partial charge in [0.1, 0.15) is 11.0 Å². The number of benzene rings is 1. The van der Waals surface area contributed by atoms with Gasteiger partial charge in [-0.25, -0.2) is 4.98 Å². The SMILES string of the molecule is CCc1[nH]nc2c1nc(-c1cccnc1)c1ccccc12. The third-order valence-electron chi connectivity index (χ3n) is 3.76. The molecule has 0 atom stereocenters. The first kappa shape index (κ1) is 12.0. The molecule has 0 aliphatic heterocycles. The molecular weight excluding hydrogens is 260 g/mol. The fourth-order valence-electron chi connectivity index (χ4n) is 2.72. The molecule has 4 rings (SSSR count). The van der Waals surface area contributed by atoms with Crippen LogP contribution in [0.4, 0.5) is 0 Å². The van der Waals surface area contributed by atoms with Crippen molar-refractivity contribution in [3.8, 4) is 11.3 Å². The fourth-order valence-corrected chi connectivity index (χ4v) is 2.72. The maximum absolute atomic E-state index is 4.87. The average molecular weight is 274 g/mol. The van der Waals surface area contributed by atoms with Crippen LogP contribution in [0.15, 0.2) is 48.8 Å². The minimum absolute atomic E-state index is 0.883. The Bertz CT molecular complexity index is 925. The lowest BCUT2D eigenvalue weighted by Crippen LogP contribution is -1.90. The maximum atomic E-state index is 4.87. The second-order valence-corrected chi connectivity index (χ2v) is 5.00. The lowest BCUT2D eigenvalue weighted by molar-refractivity contribution is 0.986. The molecule has 0 amide bonds. The minimum Gasteiger partial charge on any atom is -0.280 e. The van der Waals surface area contributed by atoms with E-state index in [0.29, 0.717) is 0 Å². The van der Waals surface area contributed by atoms with Gasteiger partial charge in [-0.2, -0.15) is 5.10 Å². The second-order valence-electron chi connectivity index (χ2n) is 5.00. The quantitative estimate of drug-likeness (QED) is 0.606. The van der Waals surface area contributed by atoms with Crippen LogP contribution in [0.2, 0.25) is 0 Å². The summed E-state index contributed by atoms with van der Waals surface area (Å²) in [4.78, 5) is 9.09. The molecule has 0 fully saturated rings. The third kappa shape index (κ3) is 1.80. The van der Waals surface area contributed by atoms with Crippen LogP contribution in [-0.4, -0.2) is 20.2 Å². The van der Waals surface area contributed by atoms with Crippen molar-refractivity contribution in [2.24, 2.45) is 0 Å². The van der Waals surface area contributed by atoms with E-state index in [-0.39, 0.29) is 0 Å². The highest BCUT2D eigenvalue weighted by molar-refractivity contribution is 6.09. The zero-order valence-corrected chi connectivity index (χ0v) is 11.7. The molecule has 4 aromatic rings. The number of aromatic nitrogens is 4. The van der Waals surface area contributed by atoms with Crippen LogP contribution in [0.3, 0.4) is 0 Å². The van der Waals surface area contributed by atoms with Crippen molar-refractivity contribution in [2.45, 2.75) is 13.3 Å². The predicted octanol–water partition coefficient (Wildman–Crippen LogP) is 3.74. The summed E-state index contributed by atoms with van der Waals surface area (Å²) in [5.74, 6) is 0. The highest BCUT2D eigenvalue weighted by Gasteiger charge is 2.14. The van der Waals surface area contributed by atoms with Crippen LogP contribution in [-0.2, 0) is 6.42 Å². The first-order chi connectivity index (χ1) is 10.4. The number of fused-ring (bicyclic) bond motifs is 3. The van der Waals surface area contributed by atoms with Gasteiger partial charge in [0, 0.05) is 28.7 Å². The highest BCUT2D eigenvalue weighted by Crippen LogP contribution is 2.32. The largest absolute Gasteiger partial charge is 0.280 e. The van der Waals surface area contributed by atoms with Crippen molar-refractivity contribution in [3.63, 3.8) is 0 Å². The van der Waals surface area contributed by atoms with Gasteiger partial charge in [-0.1, -0.05) is 31.2 Å². The van der Waals surface area contributed by atoms with Crippen molar-refractivity contribution in [3.05, 3.63) is 54.5 Å². The Morgan fingerprint density at radius 3 is 2.62 bits per heavy atom. The van der Waals surface area contributed by atoms with Gasteiger partial charge < -0.3 is 0 Å². The Hall–Kier alpha value is -2.75. The summed E-state index contributed by atoms with van der Waals surface area (Å²) in [5.41, 5.74) is 4.95. The van der Waals surface area contributed by atoms with Crippen molar-refractivity contribution < 1.29 is 0 Å². The molecule has 102 valence electrons. The molecule has 0 aliphatic carbocycles. The molecule has 1 aromatic carbocycles. The standard InChI is InChI=1S/C17H14N4/c1-2-14-17-16(21-20-14)13-8-4-3-7-12(13)15(19-17)11-6-5-9-18-10-11/h3-10H,2H2,1H3,(H,20,21). The molecule has 0 spiro atoms. The predicted molar refractivity (Wildman–Crippen MR) is 84.0 cm³/mol. The number of hydrogen-bond acceptors (Lipinski definition) is 3. The van der Waals surface area contributed by atoms with Crippen LogP contribution < -0.4 is 0 Å². The number of nitrogens with one attached hydrogen (secondary N) is 1. The maximum Gasteiger partial charge on any atom is 0.119 e. The molecule has 0 radical (unpaired) electrons. The summed E-state index contributed by atoms with van der Waals surface area (Å²) in [6.45, 7) is 2.10. The smallest absolute Gasteiger partial charge is 0.119 e. The normalized spacial score (nSPS) is 11.3. The van der Waals surface area contributed by atoms with E-state index in [1.807, 2.05) is 30.5 Å². The van der Waals surface area contributed by atoms with E-state index in [9.17, 15) is 0 Å². The molecule has 4 heteroatoms. The number of H-pyrrole nitrogens is 1. The van der Waals surface area contributed by atoms with Crippen LogP contribution in [0.25, 0.3) is 33.1 Å². The molecule has 3 aromatic heterocycles. The van der Waals surface area contributed by atoms with Gasteiger partial charge in [0.25, 0.3) is 0 Å². The number of pyridine rings is 2. The molecule has 0 aliphatic rings. The zero-order chi connectivity index (χ0) is 14.2. The number of aryl methyl sites for hydroxylation is 1. The first-order valence-corrected chi connectivity index (χ1v) is 7.04. The molecule has 0 bridgehead atoms. The van der Waals surface area contributed by atoms with Gasteiger partial charge in [-0.15, -0.1) is 0 Å². The first-order valence-electron chi connectivity index (χ1n) is 7.04. The zero-order valence-electron chi connectivity index (χ0n) is 11.7. The van der Waals surface area contributed by atoms with Crippen molar-refractivity contribution in [2.75, 3.05) is 0 Å². The Kier molecular flexibility index (Phi) is 2.67. The second kappa shape index (κ2) is 4.66. The van der Waals surface area contributed by atoms with Gasteiger partial charge >= 0.3 is 0 Å². The summed E-state index contributed by atoms with van der Waals surface area (Å²) in [6.07, 6.45) is 4.51. The van der Waals surface area contributed by atoms with Crippen LogP contribution in [0, 0.1) is 0 Å². The number of rotatable bonds is 2. The molecule has 0 saturated carbocycles. The lowest BCUT2D eigenvalue weighted by atomic mass is 10.0. The Labute approximate surface area is 121 Å². The summed E-state index contributed by atoms with van der Waals surface area (Å²) in [6, 6.07) is 12.2. The highest BCUT2D eigenvalue weighted by atomic mass is 15.1. The Balaban J connectivity index is 2.17. The number of hydrogen-bond donors (Lipinski definition) is 1. The summed E-state index contributed by atoms with van der Waals surface area (Å²) < 4.78 is 0. The minimum atomic E-state index is 0.883. The van der Waals surface area contributed by atoms with Gasteiger partial charge in [0.2, 0.25) is 0 Å². The Morgan fingerprint density at radius 2 is 1.86 bits per heavy atom. The average Bonchev–Trinajstić information content (AvgIpc) is 2.98. The van der Waals surface area contributed by atoms with Crippen molar-refractivity contribution in [1.29, 1.82) is 0 Å². The molecule has 0 unspecified atom stereocenters. The summed E-state index contributed by atoms with van der Waals surface area (Å²) >= 11 is 0. The Morgan fingerprint density at radius 1 is 1.00 bits per heavy atom. The summed E-state index contributed by atoms with van der Waals surface area (Å²) in [5, 5.41) is 9.78. The van der Waals surface area contributed by atoms with Gasteiger partial charge in [-0.05, 0) is 18.6 Å². The van der Waals surface area contributed by atoms with E-state index < -0.39 is 0 Å². The van der Waals surface area contributed by atoms with E-state index in [2.05, 4.69) is 34.2 Å². The monoisotopic (exact) mass is 274 g/mol.